The molecule has 0 aromatic heterocycles. The minimum Gasteiger partial charge on any atom is -0.132 e. The first-order chi connectivity index (χ1) is 4.41. The average Bonchev–Trinajstić information content (AvgIpc) is 1.89. The maximum atomic E-state index is 7.92. The Hall–Kier alpha value is -0.473. The van der Waals surface area contributed by atoms with Crippen molar-refractivity contribution in [3.63, 3.8) is 0 Å². The second-order valence-electron chi connectivity index (χ2n) is 2.02. The fourth-order valence-corrected chi connectivity index (χ4v) is 1.46. The summed E-state index contributed by atoms with van der Waals surface area (Å²) < 4.78 is 3.56. The molecule has 0 aromatic carbocycles. The zero-order valence-corrected chi connectivity index (χ0v) is 7.29. The van der Waals surface area contributed by atoms with Gasteiger partial charge in [-0.15, -0.1) is 4.78 Å². The van der Waals surface area contributed by atoms with E-state index in [4.69, 9.17) is 5.53 Å². The second-order valence-corrected chi connectivity index (χ2v) is 3.45. The normalized spacial score (nSPS) is 9.89. The first-order valence-corrected chi connectivity index (χ1v) is 5.06. The molecular weight excluding hydrogens is 130 g/mol. The van der Waals surface area contributed by atoms with Crippen molar-refractivity contribution < 1.29 is 0 Å². The third kappa shape index (κ3) is 7.53. The van der Waals surface area contributed by atoms with Crippen molar-refractivity contribution in [2.24, 2.45) is 4.78 Å². The predicted molar refractivity (Wildman–Crippen MR) is 42.0 cm³/mol. The van der Waals surface area contributed by atoms with Crippen LogP contribution in [0, 0.1) is 0 Å². The molecule has 0 unspecified atom stereocenters. The van der Waals surface area contributed by atoms with E-state index < -0.39 is 9.68 Å². The van der Waals surface area contributed by atoms with E-state index in [9.17, 15) is 0 Å². The van der Waals surface area contributed by atoms with Crippen LogP contribution in [0.3, 0.4) is 0 Å². The topological polar surface area (TPSA) is 48.8 Å². The van der Waals surface area contributed by atoms with Gasteiger partial charge in [-0.05, 0) is 10.4 Å². The Morgan fingerprint density at radius 3 is 2.89 bits per heavy atom. The Balaban J connectivity index is 2.82. The zero-order chi connectivity index (χ0) is 6.95. The molecule has 0 aliphatic carbocycles. The lowest BCUT2D eigenvalue weighted by Gasteiger charge is -1.90. The molecular formula is C5H13N3Si. The zero-order valence-electron chi connectivity index (χ0n) is 5.88. The molecule has 3 nitrogen and oxygen atoms in total. The summed E-state index contributed by atoms with van der Waals surface area (Å²) in [4.78, 5) is 2.72. The Kier molecular flexibility index (Phi) is 7.13. The quantitative estimate of drug-likeness (QED) is 0.186. The van der Waals surface area contributed by atoms with Gasteiger partial charge in [0, 0.05) is 0 Å². The Labute approximate surface area is 58.0 Å². The minimum absolute atomic E-state index is 0.401. The first-order valence-electron chi connectivity index (χ1n) is 3.42. The van der Waals surface area contributed by atoms with Crippen LogP contribution in [0.25, 0.3) is 10.4 Å². The average molecular weight is 143 g/mol. The highest BCUT2D eigenvalue weighted by atomic mass is 28.2. The lowest BCUT2D eigenvalue weighted by atomic mass is 10.3. The van der Waals surface area contributed by atoms with Gasteiger partial charge >= 0.3 is 0 Å². The maximum Gasteiger partial charge on any atom is 0.124 e. The van der Waals surface area contributed by atoms with Crippen molar-refractivity contribution >= 4 is 9.68 Å². The summed E-state index contributed by atoms with van der Waals surface area (Å²) >= 11 is 0. The molecule has 0 radical (unpaired) electrons. The van der Waals surface area contributed by atoms with Gasteiger partial charge in [0.15, 0.2) is 0 Å². The van der Waals surface area contributed by atoms with Crippen LogP contribution in [0.1, 0.15) is 26.2 Å². The molecule has 4 heteroatoms. The molecule has 0 fully saturated rings. The molecule has 0 aliphatic heterocycles. The van der Waals surface area contributed by atoms with E-state index in [1.54, 1.807) is 0 Å². The van der Waals surface area contributed by atoms with Gasteiger partial charge in [-0.25, -0.2) is 0 Å². The lowest BCUT2D eigenvalue weighted by molar-refractivity contribution is 0.768. The van der Waals surface area contributed by atoms with Crippen LogP contribution in [0.15, 0.2) is 4.78 Å². The number of rotatable bonds is 5. The summed E-state index contributed by atoms with van der Waals surface area (Å²) in [6.07, 6.45) is 3.79. The van der Waals surface area contributed by atoms with Crippen LogP contribution < -0.4 is 0 Å². The van der Waals surface area contributed by atoms with E-state index in [0.29, 0.717) is 0 Å². The summed E-state index contributed by atoms with van der Waals surface area (Å²) in [7, 11) is -0.401. The first kappa shape index (κ1) is 8.53. The smallest absolute Gasteiger partial charge is 0.124 e. The van der Waals surface area contributed by atoms with Crippen molar-refractivity contribution in [2.75, 3.05) is 0 Å². The Bertz CT molecular complexity index is 98.4. The van der Waals surface area contributed by atoms with Gasteiger partial charge in [-0.1, -0.05) is 32.2 Å². The maximum absolute atomic E-state index is 7.92. The fourth-order valence-electron chi connectivity index (χ4n) is 0.654. The van der Waals surface area contributed by atoms with Crippen molar-refractivity contribution in [1.29, 1.82) is 0 Å². The molecule has 0 saturated carbocycles. The Morgan fingerprint density at radius 2 is 2.33 bits per heavy atom. The van der Waals surface area contributed by atoms with Crippen LogP contribution in [-0.2, 0) is 0 Å². The monoisotopic (exact) mass is 143 g/mol. The number of hydrogen-bond acceptors (Lipinski definition) is 1. The third-order valence-electron chi connectivity index (χ3n) is 1.17. The van der Waals surface area contributed by atoms with Crippen LogP contribution in [0.2, 0.25) is 6.04 Å². The van der Waals surface area contributed by atoms with E-state index in [0.717, 1.165) is 0 Å². The SMILES string of the molecule is CCCCC[SiH2]N=[N+]=[N-]. The van der Waals surface area contributed by atoms with Crippen molar-refractivity contribution in [3.05, 3.63) is 10.4 Å². The van der Waals surface area contributed by atoms with Crippen LogP contribution in [-0.4, -0.2) is 9.68 Å². The summed E-state index contributed by atoms with van der Waals surface area (Å²) in [5, 5.41) is 0. The predicted octanol–water partition coefficient (Wildman–Crippen LogP) is 1.99. The molecule has 0 rings (SSSR count). The van der Waals surface area contributed by atoms with Gasteiger partial charge in [0.05, 0.1) is 0 Å². The van der Waals surface area contributed by atoms with Gasteiger partial charge < -0.3 is 0 Å². The van der Waals surface area contributed by atoms with Gasteiger partial charge in [0.2, 0.25) is 0 Å². The molecule has 0 heterocycles. The molecule has 0 bridgehead atoms. The molecule has 52 valence electrons. The number of nitrogens with zero attached hydrogens (tertiary/aromatic N) is 3. The summed E-state index contributed by atoms with van der Waals surface area (Å²) in [5.41, 5.74) is 7.92. The highest BCUT2D eigenvalue weighted by molar-refractivity contribution is 6.32. The van der Waals surface area contributed by atoms with Crippen LogP contribution in [0.5, 0.6) is 0 Å². The number of azide groups is 1. The van der Waals surface area contributed by atoms with E-state index >= 15 is 0 Å². The van der Waals surface area contributed by atoms with Crippen molar-refractivity contribution in [1.82, 2.24) is 0 Å². The highest BCUT2D eigenvalue weighted by Crippen LogP contribution is 1.97. The van der Waals surface area contributed by atoms with Crippen LogP contribution in [0.4, 0.5) is 0 Å². The molecule has 9 heavy (non-hydrogen) atoms. The third-order valence-corrected chi connectivity index (χ3v) is 2.32. The van der Waals surface area contributed by atoms with Crippen LogP contribution >= 0.6 is 0 Å². The Morgan fingerprint density at radius 1 is 1.56 bits per heavy atom. The van der Waals surface area contributed by atoms with Gasteiger partial charge in [0.25, 0.3) is 0 Å². The van der Waals surface area contributed by atoms with E-state index in [-0.39, 0.29) is 0 Å². The number of hydrogen-bond donors (Lipinski definition) is 0. The van der Waals surface area contributed by atoms with Gasteiger partial charge in [-0.2, -0.15) is 0 Å². The molecule has 0 spiro atoms. The molecule has 0 saturated heterocycles. The van der Waals surface area contributed by atoms with E-state index in [1.807, 2.05) is 0 Å². The molecule has 0 amide bonds. The second kappa shape index (κ2) is 7.53. The van der Waals surface area contributed by atoms with Crippen molar-refractivity contribution in [2.45, 2.75) is 32.2 Å². The van der Waals surface area contributed by atoms with E-state index in [2.05, 4.69) is 16.6 Å². The summed E-state index contributed by atoms with van der Waals surface area (Å²) in [6.45, 7) is 2.18. The van der Waals surface area contributed by atoms with Gasteiger partial charge in [-0.3, -0.25) is 0 Å². The summed E-state index contributed by atoms with van der Waals surface area (Å²) in [5.74, 6) is 0. The largest absolute Gasteiger partial charge is 0.132 e. The van der Waals surface area contributed by atoms with Crippen molar-refractivity contribution in [3.8, 4) is 0 Å². The lowest BCUT2D eigenvalue weighted by Crippen LogP contribution is -1.81. The fraction of sp³-hybridized carbons (Fsp3) is 1.00. The standard InChI is InChI=1S/C5H13N3Si/c1-2-3-4-5-9-8-7-6/h2-5,9H2,1H3. The molecule has 0 atom stereocenters. The van der Waals surface area contributed by atoms with Gasteiger partial charge in [0.1, 0.15) is 9.68 Å². The number of unbranched alkanes of at least 4 members (excludes halogenated alkanes) is 2. The highest BCUT2D eigenvalue weighted by Gasteiger charge is 1.84. The van der Waals surface area contributed by atoms with E-state index in [1.165, 1.54) is 25.3 Å². The molecule has 0 N–H and O–H groups in total. The minimum atomic E-state index is -0.401. The molecule has 0 aromatic rings. The summed E-state index contributed by atoms with van der Waals surface area (Å²) in [6, 6.07) is 1.18. The molecule has 0 aliphatic rings.